The summed E-state index contributed by atoms with van der Waals surface area (Å²) in [6, 6.07) is 15.0. The van der Waals surface area contributed by atoms with E-state index in [1.54, 1.807) is 36.4 Å². The fourth-order valence-corrected chi connectivity index (χ4v) is 4.30. The molecule has 0 atom stereocenters. The molecule has 1 saturated carbocycles. The van der Waals surface area contributed by atoms with Gasteiger partial charge in [0.15, 0.2) is 17.3 Å². The highest BCUT2D eigenvalue weighted by Crippen LogP contribution is 2.52. The highest BCUT2D eigenvalue weighted by Gasteiger charge is 2.52. The van der Waals surface area contributed by atoms with E-state index in [2.05, 4.69) is 9.47 Å². The Hall–Kier alpha value is -3.65. The second-order valence-corrected chi connectivity index (χ2v) is 8.64. The van der Waals surface area contributed by atoms with Gasteiger partial charge in [-0.15, -0.1) is 8.78 Å². The predicted octanol–water partition coefficient (Wildman–Crippen LogP) is 4.40. The molecule has 0 bridgehead atoms. The van der Waals surface area contributed by atoms with E-state index in [0.29, 0.717) is 35.4 Å². The molecular formula is C26H21F2NO5. The zero-order chi connectivity index (χ0) is 24.1. The molecular weight excluding hydrogens is 444 g/mol. The van der Waals surface area contributed by atoms with Crippen molar-refractivity contribution in [1.82, 2.24) is 4.98 Å². The van der Waals surface area contributed by atoms with Gasteiger partial charge in [-0.3, -0.25) is 14.6 Å². The van der Waals surface area contributed by atoms with Gasteiger partial charge in [0, 0.05) is 23.2 Å². The van der Waals surface area contributed by atoms with Gasteiger partial charge in [-0.25, -0.2) is 0 Å². The van der Waals surface area contributed by atoms with Gasteiger partial charge in [0.25, 0.3) is 0 Å². The number of alkyl halides is 2. The summed E-state index contributed by atoms with van der Waals surface area (Å²) in [5, 5.41) is 9.02. The molecule has 1 N–H and O–H groups in total. The van der Waals surface area contributed by atoms with Crippen molar-refractivity contribution in [2.24, 2.45) is 0 Å². The summed E-state index contributed by atoms with van der Waals surface area (Å²) < 4.78 is 35.7. The number of nitrogens with zero attached hydrogens (tertiary/aromatic N) is 1. The number of benzene rings is 2. The number of halogens is 2. The molecule has 1 fully saturated rings. The van der Waals surface area contributed by atoms with Crippen molar-refractivity contribution in [2.75, 3.05) is 6.61 Å². The number of aryl methyl sites for hydroxylation is 1. The molecule has 0 radical (unpaired) electrons. The zero-order valence-corrected chi connectivity index (χ0v) is 18.3. The quantitative estimate of drug-likeness (QED) is 0.521. The van der Waals surface area contributed by atoms with Gasteiger partial charge >= 0.3 is 6.29 Å². The topological polar surface area (TPSA) is 85.7 Å². The lowest BCUT2D eigenvalue weighted by Gasteiger charge is -2.15. The fourth-order valence-electron chi connectivity index (χ4n) is 4.30. The number of ketones is 2. The third-order valence-electron chi connectivity index (χ3n) is 6.36. The first-order chi connectivity index (χ1) is 16.2. The van der Waals surface area contributed by atoms with Crippen molar-refractivity contribution in [3.8, 4) is 22.8 Å². The molecule has 1 aliphatic carbocycles. The van der Waals surface area contributed by atoms with Crippen LogP contribution >= 0.6 is 0 Å². The van der Waals surface area contributed by atoms with Crippen LogP contribution < -0.4 is 9.47 Å². The van der Waals surface area contributed by atoms with Crippen LogP contribution in [0, 0.1) is 6.92 Å². The maximum atomic E-state index is 13.4. The lowest BCUT2D eigenvalue weighted by atomic mass is 9.88. The van der Waals surface area contributed by atoms with Crippen molar-refractivity contribution in [3.05, 3.63) is 77.0 Å². The summed E-state index contributed by atoms with van der Waals surface area (Å²) in [6.45, 7) is 1.35. The number of Topliss-reactive ketones (excluding diaryl/α,β-unsaturated/α-hetero) is 2. The van der Waals surface area contributed by atoms with Crippen LogP contribution in [0.5, 0.6) is 11.5 Å². The van der Waals surface area contributed by atoms with Gasteiger partial charge in [-0.05, 0) is 49.1 Å². The van der Waals surface area contributed by atoms with Crippen LogP contribution in [-0.2, 0) is 16.6 Å². The van der Waals surface area contributed by atoms with Crippen molar-refractivity contribution in [1.29, 1.82) is 0 Å². The minimum atomic E-state index is -3.70. The summed E-state index contributed by atoms with van der Waals surface area (Å²) in [7, 11) is 0. The van der Waals surface area contributed by atoms with Crippen molar-refractivity contribution >= 4 is 11.6 Å². The highest BCUT2D eigenvalue weighted by molar-refractivity contribution is 5.97. The molecule has 1 aromatic heterocycles. The molecule has 174 valence electrons. The Morgan fingerprint density at radius 1 is 1.00 bits per heavy atom. The average molecular weight is 465 g/mol. The average Bonchev–Trinajstić information content (AvgIpc) is 3.57. The number of hydrogen-bond donors (Lipinski definition) is 1. The summed E-state index contributed by atoms with van der Waals surface area (Å²) in [4.78, 5) is 29.6. The molecule has 34 heavy (non-hydrogen) atoms. The standard InChI is InChI=1S/C26H21F2NO5/c1-15-2-8-19(29-24(15)17-5-3-16(4-6-17)20(31)14-30)13-23(32)25(10-11-25)18-7-9-21-22(12-18)34-26(27,28)33-21/h2-9,12,30H,10-11,13-14H2,1H3. The first-order valence-electron chi connectivity index (χ1n) is 10.9. The van der Waals surface area contributed by atoms with E-state index < -0.39 is 18.3 Å². The largest absolute Gasteiger partial charge is 0.586 e. The van der Waals surface area contributed by atoms with Crippen LogP contribution in [0.3, 0.4) is 0 Å². The van der Waals surface area contributed by atoms with E-state index >= 15 is 0 Å². The zero-order valence-electron chi connectivity index (χ0n) is 18.3. The number of hydrogen-bond acceptors (Lipinski definition) is 6. The number of carbonyl (C=O) groups is 2. The molecule has 6 nitrogen and oxygen atoms in total. The number of carbonyl (C=O) groups excluding carboxylic acids is 2. The molecule has 2 heterocycles. The third kappa shape index (κ3) is 3.94. The van der Waals surface area contributed by atoms with E-state index in [1.165, 1.54) is 12.1 Å². The monoisotopic (exact) mass is 465 g/mol. The number of ether oxygens (including phenoxy) is 2. The number of aromatic nitrogens is 1. The summed E-state index contributed by atoms with van der Waals surface area (Å²) in [6.07, 6.45) is -2.35. The van der Waals surface area contributed by atoms with Gasteiger partial charge in [-0.2, -0.15) is 0 Å². The van der Waals surface area contributed by atoms with Crippen molar-refractivity contribution < 1.29 is 33.0 Å². The Balaban J connectivity index is 1.37. The lowest BCUT2D eigenvalue weighted by Crippen LogP contribution is -2.26. The van der Waals surface area contributed by atoms with E-state index in [0.717, 1.165) is 11.1 Å². The summed E-state index contributed by atoms with van der Waals surface area (Å²) in [5.41, 5.74) is 3.30. The summed E-state index contributed by atoms with van der Waals surface area (Å²) in [5.74, 6) is -0.518. The first kappa shape index (κ1) is 22.2. The Bertz CT molecular complexity index is 1300. The predicted molar refractivity (Wildman–Crippen MR) is 118 cm³/mol. The molecule has 0 spiro atoms. The molecule has 0 amide bonds. The molecule has 2 aromatic carbocycles. The second kappa shape index (κ2) is 7.99. The Labute approximate surface area is 194 Å². The minimum Gasteiger partial charge on any atom is -0.395 e. The number of aliphatic hydroxyl groups is 1. The van der Waals surface area contributed by atoms with Crippen molar-refractivity contribution in [2.45, 2.75) is 37.9 Å². The molecule has 1 aliphatic heterocycles. The molecule has 0 unspecified atom stereocenters. The van der Waals surface area contributed by atoms with Crippen LogP contribution in [0.1, 0.15) is 40.0 Å². The molecule has 8 heteroatoms. The molecule has 0 saturated heterocycles. The molecule has 3 aromatic rings. The summed E-state index contributed by atoms with van der Waals surface area (Å²) >= 11 is 0. The first-order valence-corrected chi connectivity index (χ1v) is 10.9. The van der Waals surface area contributed by atoms with E-state index in [4.69, 9.17) is 10.1 Å². The van der Waals surface area contributed by atoms with Crippen LogP contribution in [0.25, 0.3) is 11.3 Å². The Morgan fingerprint density at radius 2 is 1.71 bits per heavy atom. The maximum Gasteiger partial charge on any atom is 0.586 e. The normalized spacial score (nSPS) is 16.8. The number of pyridine rings is 1. The maximum absolute atomic E-state index is 13.4. The van der Waals surface area contributed by atoms with Crippen molar-refractivity contribution in [3.63, 3.8) is 0 Å². The Kier molecular flexibility index (Phi) is 5.20. The van der Waals surface area contributed by atoms with Gasteiger partial charge in [0.2, 0.25) is 0 Å². The lowest BCUT2D eigenvalue weighted by molar-refractivity contribution is -0.286. The third-order valence-corrected chi connectivity index (χ3v) is 6.36. The number of aliphatic hydroxyl groups excluding tert-OH is 1. The van der Waals surface area contributed by atoms with Crippen LogP contribution in [0.4, 0.5) is 8.78 Å². The smallest absolute Gasteiger partial charge is 0.395 e. The Morgan fingerprint density at radius 3 is 2.38 bits per heavy atom. The minimum absolute atomic E-state index is 0.0377. The van der Waals surface area contributed by atoms with Crippen LogP contribution in [0.2, 0.25) is 0 Å². The molecule has 2 aliphatic rings. The van der Waals surface area contributed by atoms with E-state index in [-0.39, 0.29) is 29.5 Å². The number of fused-ring (bicyclic) bond motifs is 1. The van der Waals surface area contributed by atoms with E-state index in [1.807, 2.05) is 13.0 Å². The van der Waals surface area contributed by atoms with Gasteiger partial charge in [0.1, 0.15) is 12.4 Å². The van der Waals surface area contributed by atoms with Gasteiger partial charge in [-0.1, -0.05) is 36.4 Å². The fraction of sp³-hybridized carbons (Fsp3) is 0.269. The SMILES string of the molecule is Cc1ccc(CC(=O)C2(c3ccc4c(c3)OC(F)(F)O4)CC2)nc1-c1ccc(C(=O)CO)cc1. The van der Waals surface area contributed by atoms with Crippen LogP contribution in [0.15, 0.2) is 54.6 Å². The number of rotatable bonds is 7. The second-order valence-electron chi connectivity index (χ2n) is 8.64. The van der Waals surface area contributed by atoms with Crippen LogP contribution in [-0.4, -0.2) is 34.6 Å². The van der Waals surface area contributed by atoms with E-state index in [9.17, 15) is 18.4 Å². The van der Waals surface area contributed by atoms with Gasteiger partial charge < -0.3 is 14.6 Å². The molecule has 5 rings (SSSR count). The highest BCUT2D eigenvalue weighted by atomic mass is 19.3. The van der Waals surface area contributed by atoms with Gasteiger partial charge in [0.05, 0.1) is 11.1 Å².